The Labute approximate surface area is 120 Å². The third kappa shape index (κ3) is 4.24. The van der Waals surface area contributed by atoms with Gasteiger partial charge in [-0.15, -0.1) is 0 Å². The van der Waals surface area contributed by atoms with E-state index in [1.54, 1.807) is 26.0 Å². The molecule has 0 bridgehead atoms. The average molecular weight is 329 g/mol. The van der Waals surface area contributed by atoms with Gasteiger partial charge in [0.05, 0.1) is 11.1 Å². The minimum atomic E-state index is -0.953. The maximum absolute atomic E-state index is 11.7. The van der Waals surface area contributed by atoms with Gasteiger partial charge in [-0.1, -0.05) is 19.1 Å². The van der Waals surface area contributed by atoms with Crippen LogP contribution in [0.4, 0.5) is 10.5 Å². The molecule has 2 amide bonds. The second kappa shape index (κ2) is 6.56. The number of hydrogen-bond acceptors (Lipinski definition) is 2. The molecule has 1 aromatic carbocycles. The summed E-state index contributed by atoms with van der Waals surface area (Å²) in [5, 5.41) is 14.3. The number of carboxylic acid groups (broad SMARTS) is 1. The Balaban J connectivity index is 2.58. The van der Waals surface area contributed by atoms with Gasteiger partial charge < -0.3 is 15.7 Å². The third-order valence-corrected chi connectivity index (χ3v) is 3.75. The quantitative estimate of drug-likeness (QED) is 0.777. The van der Waals surface area contributed by atoms with Crippen LogP contribution in [0.3, 0.4) is 0 Å². The number of amides is 2. The number of halogens is 1. The third-order valence-electron chi connectivity index (χ3n) is 3.06. The number of carboxylic acids is 1. The highest BCUT2D eigenvalue weighted by Gasteiger charge is 2.31. The highest BCUT2D eigenvalue weighted by atomic mass is 79.9. The molecule has 104 valence electrons. The molecule has 0 heterocycles. The van der Waals surface area contributed by atoms with E-state index in [1.165, 1.54) is 0 Å². The van der Waals surface area contributed by atoms with E-state index >= 15 is 0 Å². The van der Waals surface area contributed by atoms with Gasteiger partial charge in [0.1, 0.15) is 0 Å². The molecule has 0 aliphatic heterocycles. The number of para-hydroxylation sites is 1. The molecule has 0 saturated heterocycles. The van der Waals surface area contributed by atoms with Crippen LogP contribution in [0.1, 0.15) is 20.3 Å². The molecule has 0 radical (unpaired) electrons. The molecule has 0 saturated carbocycles. The van der Waals surface area contributed by atoms with Crippen LogP contribution in [0, 0.1) is 5.41 Å². The van der Waals surface area contributed by atoms with Gasteiger partial charge in [-0.2, -0.15) is 0 Å². The van der Waals surface area contributed by atoms with Crippen molar-refractivity contribution >= 4 is 33.6 Å². The van der Waals surface area contributed by atoms with E-state index in [9.17, 15) is 9.59 Å². The summed E-state index contributed by atoms with van der Waals surface area (Å²) >= 11 is 3.32. The molecule has 0 aliphatic rings. The lowest BCUT2D eigenvalue weighted by Crippen LogP contribution is -2.42. The lowest BCUT2D eigenvalue weighted by atomic mass is 9.88. The number of nitrogens with one attached hydrogen (secondary N) is 2. The number of urea groups is 1. The van der Waals surface area contributed by atoms with Crippen molar-refractivity contribution in [3.63, 3.8) is 0 Å². The van der Waals surface area contributed by atoms with Crippen molar-refractivity contribution in [1.82, 2.24) is 5.32 Å². The van der Waals surface area contributed by atoms with E-state index in [0.717, 1.165) is 4.47 Å². The second-order valence-corrected chi connectivity index (χ2v) is 5.36. The number of rotatable bonds is 5. The van der Waals surface area contributed by atoms with Crippen LogP contribution in [0.5, 0.6) is 0 Å². The first-order valence-electron chi connectivity index (χ1n) is 5.92. The summed E-state index contributed by atoms with van der Waals surface area (Å²) in [6, 6.07) is 6.77. The van der Waals surface area contributed by atoms with Crippen LogP contribution in [0.25, 0.3) is 0 Å². The fourth-order valence-electron chi connectivity index (χ4n) is 1.36. The zero-order valence-electron chi connectivity index (χ0n) is 10.9. The van der Waals surface area contributed by atoms with Gasteiger partial charge in [0.2, 0.25) is 0 Å². The van der Waals surface area contributed by atoms with Crippen LogP contribution in [-0.2, 0) is 4.79 Å². The van der Waals surface area contributed by atoms with Crippen molar-refractivity contribution in [2.75, 3.05) is 11.9 Å². The van der Waals surface area contributed by atoms with E-state index in [4.69, 9.17) is 5.11 Å². The standard InChI is InChI=1S/C13H17BrN2O3/c1-3-13(2,11(17)18)8-15-12(19)16-10-7-5-4-6-9(10)14/h4-7H,3,8H2,1-2H3,(H,17,18)(H2,15,16,19). The maximum Gasteiger partial charge on any atom is 0.319 e. The number of hydrogen-bond donors (Lipinski definition) is 3. The van der Waals surface area contributed by atoms with Gasteiger partial charge in [0.25, 0.3) is 0 Å². The Morgan fingerprint density at radius 3 is 2.53 bits per heavy atom. The molecule has 1 atom stereocenters. The number of benzene rings is 1. The molecular weight excluding hydrogens is 312 g/mol. The summed E-state index contributed by atoms with van der Waals surface area (Å²) in [4.78, 5) is 22.8. The first kappa shape index (κ1) is 15.5. The molecule has 1 aromatic rings. The molecule has 1 unspecified atom stereocenters. The van der Waals surface area contributed by atoms with Crippen molar-refractivity contribution < 1.29 is 14.7 Å². The van der Waals surface area contributed by atoms with E-state index in [-0.39, 0.29) is 6.54 Å². The number of anilines is 1. The first-order valence-corrected chi connectivity index (χ1v) is 6.71. The Hall–Kier alpha value is -1.56. The van der Waals surface area contributed by atoms with Gasteiger partial charge in [0, 0.05) is 11.0 Å². The van der Waals surface area contributed by atoms with Crippen molar-refractivity contribution in [2.24, 2.45) is 5.41 Å². The molecule has 19 heavy (non-hydrogen) atoms. The minimum absolute atomic E-state index is 0.0785. The van der Waals surface area contributed by atoms with Crippen LogP contribution in [0.2, 0.25) is 0 Å². The molecular formula is C13H17BrN2O3. The fraction of sp³-hybridized carbons (Fsp3) is 0.385. The smallest absolute Gasteiger partial charge is 0.319 e. The summed E-state index contributed by atoms with van der Waals surface area (Å²) in [5.41, 5.74) is -0.320. The van der Waals surface area contributed by atoms with Gasteiger partial charge in [-0.05, 0) is 41.4 Å². The Bertz CT molecular complexity index is 479. The predicted octanol–water partition coefficient (Wildman–Crippen LogP) is 3.07. The summed E-state index contributed by atoms with van der Waals surface area (Å²) in [7, 11) is 0. The molecule has 0 spiro atoms. The minimum Gasteiger partial charge on any atom is -0.481 e. The van der Waals surface area contributed by atoms with Crippen LogP contribution < -0.4 is 10.6 Å². The Morgan fingerprint density at radius 2 is 2.00 bits per heavy atom. The molecule has 3 N–H and O–H groups in total. The first-order chi connectivity index (χ1) is 8.89. The molecule has 0 aliphatic carbocycles. The average Bonchev–Trinajstić information content (AvgIpc) is 2.38. The Morgan fingerprint density at radius 1 is 1.37 bits per heavy atom. The monoisotopic (exact) mass is 328 g/mol. The number of aliphatic carboxylic acids is 1. The van der Waals surface area contributed by atoms with Crippen LogP contribution >= 0.6 is 15.9 Å². The van der Waals surface area contributed by atoms with Crippen LogP contribution in [-0.4, -0.2) is 23.7 Å². The van der Waals surface area contributed by atoms with Crippen LogP contribution in [0.15, 0.2) is 28.7 Å². The summed E-state index contributed by atoms with van der Waals surface area (Å²) in [6.07, 6.45) is 0.442. The fourth-order valence-corrected chi connectivity index (χ4v) is 1.74. The summed E-state index contributed by atoms with van der Waals surface area (Å²) in [6.45, 7) is 3.46. The SMILES string of the molecule is CCC(C)(CNC(=O)Nc1ccccc1Br)C(=O)O. The van der Waals surface area contributed by atoms with Crippen molar-refractivity contribution in [3.05, 3.63) is 28.7 Å². The topological polar surface area (TPSA) is 78.4 Å². The lowest BCUT2D eigenvalue weighted by Gasteiger charge is -2.23. The number of carbonyl (C=O) groups excluding carboxylic acids is 1. The van der Waals surface area contributed by atoms with Crippen molar-refractivity contribution in [3.8, 4) is 0 Å². The highest BCUT2D eigenvalue weighted by molar-refractivity contribution is 9.10. The van der Waals surface area contributed by atoms with Gasteiger partial charge >= 0.3 is 12.0 Å². The van der Waals surface area contributed by atoms with Gasteiger partial charge in [-0.25, -0.2) is 4.79 Å². The predicted molar refractivity (Wildman–Crippen MR) is 77.2 cm³/mol. The molecule has 0 aromatic heterocycles. The summed E-state index contributed by atoms with van der Waals surface area (Å²) < 4.78 is 0.765. The molecule has 0 fully saturated rings. The van der Waals surface area contributed by atoms with E-state index in [0.29, 0.717) is 12.1 Å². The Kier molecular flexibility index (Phi) is 5.35. The lowest BCUT2D eigenvalue weighted by molar-refractivity contribution is -0.147. The second-order valence-electron chi connectivity index (χ2n) is 4.51. The van der Waals surface area contributed by atoms with E-state index in [1.807, 2.05) is 12.1 Å². The molecule has 6 heteroatoms. The van der Waals surface area contributed by atoms with Gasteiger partial charge in [0.15, 0.2) is 0 Å². The largest absolute Gasteiger partial charge is 0.481 e. The van der Waals surface area contributed by atoms with Crippen molar-refractivity contribution in [1.29, 1.82) is 0 Å². The molecule has 5 nitrogen and oxygen atoms in total. The highest BCUT2D eigenvalue weighted by Crippen LogP contribution is 2.22. The molecule has 1 rings (SSSR count). The normalized spacial score (nSPS) is 13.4. The summed E-state index contributed by atoms with van der Waals surface area (Å²) in [5.74, 6) is -0.920. The number of carbonyl (C=O) groups is 2. The maximum atomic E-state index is 11.7. The zero-order valence-corrected chi connectivity index (χ0v) is 12.5. The van der Waals surface area contributed by atoms with Gasteiger partial charge in [-0.3, -0.25) is 4.79 Å². The van der Waals surface area contributed by atoms with Crippen molar-refractivity contribution in [2.45, 2.75) is 20.3 Å². The zero-order chi connectivity index (χ0) is 14.5. The van der Waals surface area contributed by atoms with E-state index in [2.05, 4.69) is 26.6 Å². The van der Waals surface area contributed by atoms with E-state index < -0.39 is 17.4 Å².